The molecule has 2 aromatic heterocycles. The Morgan fingerprint density at radius 2 is 2.03 bits per heavy atom. The molecular formula is C20H28N4O3S2. The van der Waals surface area contributed by atoms with Gasteiger partial charge in [-0.25, -0.2) is 17.7 Å². The summed E-state index contributed by atoms with van der Waals surface area (Å²) in [5.74, 6) is 0.831. The van der Waals surface area contributed by atoms with Crippen molar-refractivity contribution >= 4 is 21.4 Å². The number of thiophene rings is 1. The Morgan fingerprint density at radius 3 is 2.69 bits per heavy atom. The van der Waals surface area contributed by atoms with Gasteiger partial charge in [0.2, 0.25) is 10.0 Å². The minimum atomic E-state index is -3.22. The maximum Gasteiger partial charge on any atom is 0.255 e. The highest BCUT2D eigenvalue weighted by molar-refractivity contribution is 7.89. The number of piperidine rings is 1. The second kappa shape index (κ2) is 8.29. The molecule has 0 unspecified atom stereocenters. The standard InChI is InChI=1S/C20H28N4O3S2/c1-14(2)29(26,27)24-9-5-15(6-10-24)19-21-18-7-8-23(12-16-4-3-11-28-16)13-17(18)20(25)22-19/h3-4,11,14-15H,5-10,12-13H2,1-2H3,(H,21,22,25). The third-order valence-corrected chi connectivity index (χ3v) is 9.06. The summed E-state index contributed by atoms with van der Waals surface area (Å²) in [4.78, 5) is 24.2. The van der Waals surface area contributed by atoms with Crippen molar-refractivity contribution in [3.63, 3.8) is 0 Å². The maximum absolute atomic E-state index is 12.8. The molecule has 158 valence electrons. The first kappa shape index (κ1) is 20.7. The molecule has 1 fully saturated rings. The summed E-state index contributed by atoms with van der Waals surface area (Å²) in [5, 5.41) is 1.67. The lowest BCUT2D eigenvalue weighted by Gasteiger charge is -2.32. The van der Waals surface area contributed by atoms with E-state index in [0.717, 1.165) is 36.6 Å². The van der Waals surface area contributed by atoms with E-state index in [2.05, 4.69) is 27.4 Å². The topological polar surface area (TPSA) is 86.4 Å². The summed E-state index contributed by atoms with van der Waals surface area (Å²) in [6.07, 6.45) is 2.16. The first-order valence-electron chi connectivity index (χ1n) is 10.2. The molecule has 0 atom stereocenters. The Bertz CT molecular complexity index is 1010. The van der Waals surface area contributed by atoms with E-state index in [1.165, 1.54) is 4.88 Å². The first-order chi connectivity index (χ1) is 13.8. The van der Waals surface area contributed by atoms with E-state index >= 15 is 0 Å². The molecule has 0 radical (unpaired) electrons. The predicted molar refractivity (Wildman–Crippen MR) is 115 cm³/mol. The number of rotatable bonds is 5. The van der Waals surface area contributed by atoms with Gasteiger partial charge in [0.25, 0.3) is 5.56 Å². The summed E-state index contributed by atoms with van der Waals surface area (Å²) in [5.41, 5.74) is 1.64. The Balaban J connectivity index is 1.45. The largest absolute Gasteiger partial charge is 0.310 e. The molecule has 2 aromatic rings. The van der Waals surface area contributed by atoms with Crippen LogP contribution in [0.15, 0.2) is 22.3 Å². The molecule has 9 heteroatoms. The molecule has 0 spiro atoms. The van der Waals surface area contributed by atoms with Crippen LogP contribution < -0.4 is 5.56 Å². The lowest BCUT2D eigenvalue weighted by molar-refractivity contribution is 0.242. The normalized spacial score (nSPS) is 19.6. The van der Waals surface area contributed by atoms with Gasteiger partial charge in [-0.1, -0.05) is 6.07 Å². The zero-order valence-corrected chi connectivity index (χ0v) is 18.6. The van der Waals surface area contributed by atoms with Crippen LogP contribution >= 0.6 is 11.3 Å². The van der Waals surface area contributed by atoms with Crippen molar-refractivity contribution in [1.82, 2.24) is 19.2 Å². The highest BCUT2D eigenvalue weighted by Crippen LogP contribution is 2.28. The quantitative estimate of drug-likeness (QED) is 0.777. The van der Waals surface area contributed by atoms with Crippen molar-refractivity contribution < 1.29 is 8.42 Å². The van der Waals surface area contributed by atoms with Crippen molar-refractivity contribution in [3.05, 3.63) is 49.8 Å². The highest BCUT2D eigenvalue weighted by atomic mass is 32.2. The second-order valence-corrected chi connectivity index (χ2v) is 11.7. The number of fused-ring (bicyclic) bond motifs is 1. The van der Waals surface area contributed by atoms with Crippen molar-refractivity contribution in [3.8, 4) is 0 Å². The number of hydrogen-bond donors (Lipinski definition) is 1. The third-order valence-electron chi connectivity index (χ3n) is 5.92. The van der Waals surface area contributed by atoms with E-state index in [0.29, 0.717) is 32.5 Å². The second-order valence-electron chi connectivity index (χ2n) is 8.18. The highest BCUT2D eigenvalue weighted by Gasteiger charge is 2.32. The number of aromatic nitrogens is 2. The average molecular weight is 437 g/mol. The van der Waals surface area contributed by atoms with Crippen LogP contribution in [0, 0.1) is 0 Å². The SMILES string of the molecule is CC(C)S(=O)(=O)N1CCC(c2nc3c(c(=O)[nH]2)CN(Cc2cccs2)CC3)CC1. The van der Waals surface area contributed by atoms with Crippen LogP contribution in [0.25, 0.3) is 0 Å². The molecule has 1 N–H and O–H groups in total. The fraction of sp³-hybridized carbons (Fsp3) is 0.600. The monoisotopic (exact) mass is 436 g/mol. The zero-order valence-electron chi connectivity index (χ0n) is 16.9. The molecule has 29 heavy (non-hydrogen) atoms. The van der Waals surface area contributed by atoms with E-state index in [4.69, 9.17) is 4.98 Å². The van der Waals surface area contributed by atoms with E-state index in [9.17, 15) is 13.2 Å². The molecule has 4 rings (SSSR count). The van der Waals surface area contributed by atoms with Crippen LogP contribution in [0.2, 0.25) is 0 Å². The van der Waals surface area contributed by atoms with Crippen molar-refractivity contribution in [1.29, 1.82) is 0 Å². The minimum absolute atomic E-state index is 0.0434. The number of H-pyrrole nitrogens is 1. The van der Waals surface area contributed by atoms with Crippen LogP contribution in [0.1, 0.15) is 54.6 Å². The third kappa shape index (κ3) is 4.33. The number of sulfonamides is 1. The van der Waals surface area contributed by atoms with E-state index in [1.54, 1.807) is 29.5 Å². The molecule has 7 nitrogen and oxygen atoms in total. The fourth-order valence-electron chi connectivity index (χ4n) is 4.13. The summed E-state index contributed by atoms with van der Waals surface area (Å²) in [6, 6.07) is 4.17. The summed E-state index contributed by atoms with van der Waals surface area (Å²) < 4.78 is 26.3. The summed E-state index contributed by atoms with van der Waals surface area (Å²) >= 11 is 1.74. The van der Waals surface area contributed by atoms with Crippen LogP contribution in [-0.4, -0.2) is 52.5 Å². The van der Waals surface area contributed by atoms with E-state index in [1.807, 2.05) is 0 Å². The van der Waals surface area contributed by atoms with Crippen molar-refractivity contribution in [2.45, 2.75) is 57.4 Å². The van der Waals surface area contributed by atoms with Gasteiger partial charge in [0, 0.05) is 49.9 Å². The van der Waals surface area contributed by atoms with Crippen LogP contribution in [0.5, 0.6) is 0 Å². The van der Waals surface area contributed by atoms with Gasteiger partial charge in [0.05, 0.1) is 16.5 Å². The molecule has 4 heterocycles. The number of hydrogen-bond acceptors (Lipinski definition) is 6. The van der Waals surface area contributed by atoms with Gasteiger partial charge in [-0.15, -0.1) is 11.3 Å². The molecule has 0 bridgehead atoms. The smallest absolute Gasteiger partial charge is 0.255 e. The fourth-order valence-corrected chi connectivity index (χ4v) is 6.20. The van der Waals surface area contributed by atoms with E-state index < -0.39 is 15.3 Å². The molecule has 0 saturated carbocycles. The van der Waals surface area contributed by atoms with Crippen molar-refractivity contribution in [2.75, 3.05) is 19.6 Å². The van der Waals surface area contributed by atoms with Gasteiger partial charge >= 0.3 is 0 Å². The first-order valence-corrected chi connectivity index (χ1v) is 12.6. The molecule has 0 aromatic carbocycles. The molecule has 2 aliphatic rings. The predicted octanol–water partition coefficient (Wildman–Crippen LogP) is 2.31. The summed E-state index contributed by atoms with van der Waals surface area (Å²) in [7, 11) is -3.22. The van der Waals surface area contributed by atoms with Gasteiger partial charge in [-0.3, -0.25) is 9.69 Å². The van der Waals surface area contributed by atoms with E-state index in [-0.39, 0.29) is 11.5 Å². The number of nitrogens with one attached hydrogen (secondary N) is 1. The van der Waals surface area contributed by atoms with Gasteiger partial charge in [0.15, 0.2) is 0 Å². The van der Waals surface area contributed by atoms with Gasteiger partial charge in [-0.05, 0) is 38.1 Å². The van der Waals surface area contributed by atoms with Gasteiger partial charge in [0.1, 0.15) is 5.82 Å². The molecule has 0 aliphatic carbocycles. The van der Waals surface area contributed by atoms with Gasteiger partial charge < -0.3 is 4.98 Å². The van der Waals surface area contributed by atoms with Crippen LogP contribution in [-0.2, 0) is 29.5 Å². The lowest BCUT2D eigenvalue weighted by Crippen LogP contribution is -2.42. The molecule has 2 aliphatic heterocycles. The van der Waals surface area contributed by atoms with Crippen molar-refractivity contribution in [2.24, 2.45) is 0 Å². The Labute approximate surface area is 175 Å². The zero-order chi connectivity index (χ0) is 20.6. The van der Waals surface area contributed by atoms with Gasteiger partial charge in [-0.2, -0.15) is 0 Å². The maximum atomic E-state index is 12.8. The molecule has 1 saturated heterocycles. The average Bonchev–Trinajstić information content (AvgIpc) is 3.21. The van der Waals surface area contributed by atoms with Crippen LogP contribution in [0.4, 0.5) is 0 Å². The van der Waals surface area contributed by atoms with Crippen LogP contribution in [0.3, 0.4) is 0 Å². The number of nitrogens with zero attached hydrogens (tertiary/aromatic N) is 3. The Hall–Kier alpha value is -1.55. The molecule has 0 amide bonds. The Kier molecular flexibility index (Phi) is 5.92. The number of aromatic amines is 1. The Morgan fingerprint density at radius 1 is 1.28 bits per heavy atom. The molecular weight excluding hydrogens is 408 g/mol. The minimum Gasteiger partial charge on any atom is -0.310 e. The lowest BCUT2D eigenvalue weighted by atomic mass is 9.96. The summed E-state index contributed by atoms with van der Waals surface area (Å²) in [6.45, 7) is 6.78.